The van der Waals surface area contributed by atoms with Gasteiger partial charge in [-0.25, -0.2) is 0 Å². The van der Waals surface area contributed by atoms with Gasteiger partial charge in [-0.15, -0.1) is 0 Å². The van der Waals surface area contributed by atoms with Crippen LogP contribution in [0.4, 0.5) is 5.69 Å². The van der Waals surface area contributed by atoms with Crippen LogP contribution in [0.2, 0.25) is 0 Å². The quantitative estimate of drug-likeness (QED) is 0.497. The van der Waals surface area contributed by atoms with Crippen molar-refractivity contribution >= 4 is 24.1 Å². The molecule has 1 aromatic carbocycles. The average molecular weight is 277 g/mol. The van der Waals surface area contributed by atoms with E-state index in [1.165, 1.54) is 12.1 Å². The predicted molar refractivity (Wildman–Crippen MR) is 73.2 cm³/mol. The molecule has 0 aliphatic rings. The summed E-state index contributed by atoms with van der Waals surface area (Å²) in [5.41, 5.74) is 2.14. The number of carbonyl (C=O) groups is 1. The Balaban J connectivity index is 2.18. The molecule has 0 unspecified atom stereocenters. The summed E-state index contributed by atoms with van der Waals surface area (Å²) in [6.07, 6.45) is 0.253. The summed E-state index contributed by atoms with van der Waals surface area (Å²) in [7, 11) is 0. The van der Waals surface area contributed by atoms with Crippen molar-refractivity contribution in [3.05, 3.63) is 46.1 Å². The van der Waals surface area contributed by atoms with Crippen LogP contribution in [-0.4, -0.2) is 26.7 Å². The molecule has 0 bridgehead atoms. The molecule has 1 aromatic heterocycles. The molecule has 0 spiro atoms. The first-order chi connectivity index (χ1) is 9.10. The Hall–Kier alpha value is -2.15. The van der Waals surface area contributed by atoms with E-state index >= 15 is 0 Å². The fourth-order valence-electron chi connectivity index (χ4n) is 1.62. The first-order valence-corrected chi connectivity index (χ1v) is 6.15. The standard InChI is InChI=1S/C12H11N3O3S/c16-11(7-19)5-9-6-12(14-13-9)8-1-3-10(4-2-8)15(17)18/h1-4,6,19H,5,7H2,(H,13,14). The third kappa shape index (κ3) is 3.19. The maximum absolute atomic E-state index is 11.2. The number of nitrogens with zero attached hydrogens (tertiary/aromatic N) is 2. The highest BCUT2D eigenvalue weighted by Crippen LogP contribution is 2.21. The van der Waals surface area contributed by atoms with Crippen LogP contribution >= 0.6 is 12.6 Å². The fourth-order valence-corrected chi connectivity index (χ4v) is 1.73. The Morgan fingerprint density at radius 1 is 1.37 bits per heavy atom. The molecule has 6 nitrogen and oxygen atoms in total. The van der Waals surface area contributed by atoms with Crippen molar-refractivity contribution in [3.63, 3.8) is 0 Å². The molecule has 98 valence electrons. The zero-order valence-corrected chi connectivity index (χ0v) is 10.8. The van der Waals surface area contributed by atoms with Gasteiger partial charge < -0.3 is 0 Å². The van der Waals surface area contributed by atoms with E-state index in [2.05, 4.69) is 22.8 Å². The Bertz CT molecular complexity index is 607. The zero-order chi connectivity index (χ0) is 13.8. The first-order valence-electron chi connectivity index (χ1n) is 5.52. The van der Waals surface area contributed by atoms with Crippen LogP contribution in [0.1, 0.15) is 5.69 Å². The monoisotopic (exact) mass is 277 g/mol. The number of nitro groups is 1. The number of carbonyl (C=O) groups excluding carboxylic acids is 1. The molecule has 19 heavy (non-hydrogen) atoms. The van der Waals surface area contributed by atoms with E-state index in [0.717, 1.165) is 5.56 Å². The topological polar surface area (TPSA) is 88.9 Å². The van der Waals surface area contributed by atoms with Gasteiger partial charge in [0.15, 0.2) is 0 Å². The van der Waals surface area contributed by atoms with E-state index < -0.39 is 4.92 Å². The Kier molecular flexibility index (Phi) is 3.96. The Morgan fingerprint density at radius 2 is 2.05 bits per heavy atom. The normalized spacial score (nSPS) is 10.4. The molecule has 0 fully saturated rings. The highest BCUT2D eigenvalue weighted by molar-refractivity contribution is 7.81. The van der Waals surface area contributed by atoms with Crippen LogP contribution in [0, 0.1) is 10.1 Å². The Labute approximate surface area is 114 Å². The van der Waals surface area contributed by atoms with E-state index in [9.17, 15) is 14.9 Å². The number of nitro benzene ring substituents is 1. The van der Waals surface area contributed by atoms with Gasteiger partial charge in [0.05, 0.1) is 10.6 Å². The maximum Gasteiger partial charge on any atom is 0.269 e. The van der Waals surface area contributed by atoms with Gasteiger partial charge in [0.25, 0.3) is 5.69 Å². The highest BCUT2D eigenvalue weighted by Gasteiger charge is 2.09. The second kappa shape index (κ2) is 5.66. The Morgan fingerprint density at radius 3 is 2.63 bits per heavy atom. The summed E-state index contributed by atoms with van der Waals surface area (Å²) in [5.74, 6) is 0.188. The average Bonchev–Trinajstić information content (AvgIpc) is 2.87. The molecule has 0 radical (unpaired) electrons. The van der Waals surface area contributed by atoms with Crippen LogP contribution in [0.15, 0.2) is 30.3 Å². The number of aromatic nitrogens is 2. The molecule has 1 N–H and O–H groups in total. The van der Waals surface area contributed by atoms with E-state index in [4.69, 9.17) is 0 Å². The van der Waals surface area contributed by atoms with E-state index in [0.29, 0.717) is 11.4 Å². The van der Waals surface area contributed by atoms with Crippen LogP contribution in [0.3, 0.4) is 0 Å². The number of non-ortho nitro benzene ring substituents is 1. The number of rotatable bonds is 5. The van der Waals surface area contributed by atoms with Crippen molar-refractivity contribution in [3.8, 4) is 11.3 Å². The molecule has 2 rings (SSSR count). The third-order valence-corrected chi connectivity index (χ3v) is 2.92. The number of Topliss-reactive ketones (excluding diaryl/α,β-unsaturated/α-hetero) is 1. The van der Waals surface area contributed by atoms with Gasteiger partial charge in [0, 0.05) is 35.6 Å². The van der Waals surface area contributed by atoms with Crippen molar-refractivity contribution in [2.45, 2.75) is 6.42 Å². The zero-order valence-electron chi connectivity index (χ0n) is 9.87. The first kappa shape index (κ1) is 13.3. The summed E-state index contributed by atoms with van der Waals surface area (Å²) in [5, 5.41) is 17.4. The molecule has 0 atom stereocenters. The smallest absolute Gasteiger partial charge is 0.269 e. The number of nitrogens with one attached hydrogen (secondary N) is 1. The van der Waals surface area contributed by atoms with Gasteiger partial charge in [-0.2, -0.15) is 17.7 Å². The molecule has 0 aliphatic heterocycles. The highest BCUT2D eigenvalue weighted by atomic mass is 32.1. The molecule has 0 saturated carbocycles. The van der Waals surface area contributed by atoms with Gasteiger partial charge >= 0.3 is 0 Å². The van der Waals surface area contributed by atoms with Gasteiger partial charge in [-0.1, -0.05) is 0 Å². The lowest BCUT2D eigenvalue weighted by atomic mass is 10.1. The SMILES string of the molecule is O=C(CS)Cc1cc(-c2ccc([N+](=O)[O-])cc2)n[nH]1. The number of H-pyrrole nitrogens is 1. The number of aromatic amines is 1. The predicted octanol–water partition coefficient (Wildman–Crippen LogP) is 2.03. The van der Waals surface area contributed by atoms with E-state index in [-0.39, 0.29) is 23.6 Å². The van der Waals surface area contributed by atoms with Gasteiger partial charge in [0.1, 0.15) is 5.78 Å². The van der Waals surface area contributed by atoms with Crippen molar-refractivity contribution in [2.24, 2.45) is 0 Å². The molecule has 0 amide bonds. The second-order valence-corrected chi connectivity index (χ2v) is 4.27. The largest absolute Gasteiger partial charge is 0.298 e. The summed E-state index contributed by atoms with van der Waals surface area (Å²) in [6.45, 7) is 0. The van der Waals surface area contributed by atoms with E-state index in [1.54, 1.807) is 18.2 Å². The van der Waals surface area contributed by atoms with Crippen molar-refractivity contribution in [1.29, 1.82) is 0 Å². The molecule has 0 aliphatic carbocycles. The number of hydrogen-bond acceptors (Lipinski definition) is 5. The van der Waals surface area contributed by atoms with Crippen LogP contribution in [0.25, 0.3) is 11.3 Å². The van der Waals surface area contributed by atoms with Crippen LogP contribution in [0.5, 0.6) is 0 Å². The third-order valence-electron chi connectivity index (χ3n) is 2.57. The van der Waals surface area contributed by atoms with Gasteiger partial charge in [0.2, 0.25) is 0 Å². The number of hydrogen-bond donors (Lipinski definition) is 2. The molecule has 7 heteroatoms. The van der Waals surface area contributed by atoms with Crippen LogP contribution in [-0.2, 0) is 11.2 Å². The summed E-state index contributed by atoms with van der Waals surface area (Å²) in [6, 6.07) is 7.84. The van der Waals surface area contributed by atoms with Gasteiger partial charge in [-0.3, -0.25) is 20.0 Å². The summed E-state index contributed by atoms with van der Waals surface area (Å²) >= 11 is 3.91. The molecule has 1 heterocycles. The van der Waals surface area contributed by atoms with Crippen LogP contribution < -0.4 is 0 Å². The summed E-state index contributed by atoms with van der Waals surface area (Å²) < 4.78 is 0. The van der Waals surface area contributed by atoms with Crippen molar-refractivity contribution in [1.82, 2.24) is 10.2 Å². The molecular weight excluding hydrogens is 266 g/mol. The van der Waals surface area contributed by atoms with E-state index in [1.807, 2.05) is 0 Å². The minimum absolute atomic E-state index is 0.00207. The molecule has 2 aromatic rings. The summed E-state index contributed by atoms with van der Waals surface area (Å²) in [4.78, 5) is 21.3. The fraction of sp³-hybridized carbons (Fsp3) is 0.167. The number of thiol groups is 1. The minimum atomic E-state index is -0.453. The molecule has 0 saturated heterocycles. The lowest BCUT2D eigenvalue weighted by Crippen LogP contribution is -2.03. The number of ketones is 1. The van der Waals surface area contributed by atoms with Crippen molar-refractivity contribution in [2.75, 3.05) is 5.75 Å². The van der Waals surface area contributed by atoms with Gasteiger partial charge in [-0.05, 0) is 18.2 Å². The second-order valence-electron chi connectivity index (χ2n) is 3.96. The van der Waals surface area contributed by atoms with Crippen molar-refractivity contribution < 1.29 is 9.72 Å². The maximum atomic E-state index is 11.2. The number of benzene rings is 1. The molecular formula is C12H11N3O3S. The lowest BCUT2D eigenvalue weighted by Gasteiger charge is -1.95. The minimum Gasteiger partial charge on any atom is -0.298 e. The lowest BCUT2D eigenvalue weighted by molar-refractivity contribution is -0.384.